The van der Waals surface area contributed by atoms with Gasteiger partial charge in [0.1, 0.15) is 24.1 Å². The van der Waals surface area contributed by atoms with Crippen molar-refractivity contribution in [2.45, 2.75) is 42.7 Å². The second-order valence-electron chi connectivity index (χ2n) is 6.28. The molecule has 3 rings (SSSR count). The summed E-state index contributed by atoms with van der Waals surface area (Å²) < 4.78 is 4.50. The van der Waals surface area contributed by atoms with Gasteiger partial charge in [0.25, 0.3) is 0 Å². The molecule has 0 radical (unpaired) electrons. The first-order chi connectivity index (χ1) is 11.3. The molecule has 2 N–H and O–H groups in total. The largest absolute Gasteiger partial charge is 0.480 e. The summed E-state index contributed by atoms with van der Waals surface area (Å²) in [6.45, 7) is 3.68. The van der Waals surface area contributed by atoms with E-state index < -0.39 is 28.9 Å². The van der Waals surface area contributed by atoms with E-state index in [1.165, 1.54) is 16.7 Å². The molecule has 0 bridgehead atoms. The van der Waals surface area contributed by atoms with E-state index in [0.717, 1.165) is 5.56 Å². The fraction of sp³-hybridized carbons (Fsp3) is 0.438. The molecule has 2 fully saturated rings. The van der Waals surface area contributed by atoms with Gasteiger partial charge in [0.05, 0.1) is 0 Å². The summed E-state index contributed by atoms with van der Waals surface area (Å²) in [5.74, 6) is -1.42. The molecule has 0 aliphatic carbocycles. The molecule has 24 heavy (non-hydrogen) atoms. The summed E-state index contributed by atoms with van der Waals surface area (Å²) in [6, 6.07) is 7.57. The number of thioether (sulfide) groups is 1. The minimum absolute atomic E-state index is 0.109. The predicted octanol–water partition coefficient (Wildman–Crippen LogP) is 1.43. The molecule has 8 heteroatoms. The number of amides is 2. The van der Waals surface area contributed by atoms with Gasteiger partial charge in [0.2, 0.25) is 5.91 Å². The van der Waals surface area contributed by atoms with Gasteiger partial charge in [0.15, 0.2) is 0 Å². The minimum Gasteiger partial charge on any atom is -0.480 e. The third-order valence-electron chi connectivity index (χ3n) is 4.16. The Balaban J connectivity index is 1.59. The first-order valence-electron chi connectivity index (χ1n) is 7.51. The van der Waals surface area contributed by atoms with Gasteiger partial charge in [0, 0.05) is 4.75 Å². The van der Waals surface area contributed by atoms with Gasteiger partial charge < -0.3 is 20.1 Å². The topological polar surface area (TPSA) is 95.9 Å². The lowest BCUT2D eigenvalue weighted by molar-refractivity contribution is -0.160. The highest BCUT2D eigenvalue weighted by atomic mass is 32.2. The van der Waals surface area contributed by atoms with Crippen LogP contribution in [0.5, 0.6) is 0 Å². The summed E-state index contributed by atoms with van der Waals surface area (Å²) in [5, 5.41) is 11.5. The lowest BCUT2D eigenvalue weighted by atomic mass is 9.96. The molecule has 0 aromatic heterocycles. The smallest absolute Gasteiger partial charge is 0.408 e. The van der Waals surface area contributed by atoms with Gasteiger partial charge in [-0.1, -0.05) is 30.3 Å². The molecule has 0 spiro atoms. The molecule has 2 aliphatic rings. The lowest BCUT2D eigenvalue weighted by Crippen LogP contribution is -2.70. The second kappa shape index (κ2) is 6.01. The van der Waals surface area contributed by atoms with E-state index in [1.807, 2.05) is 30.3 Å². The molecule has 2 heterocycles. The van der Waals surface area contributed by atoms with Gasteiger partial charge in [-0.15, -0.1) is 11.8 Å². The summed E-state index contributed by atoms with van der Waals surface area (Å²) in [7, 11) is 0. The zero-order valence-electron chi connectivity index (χ0n) is 13.3. The molecule has 0 unspecified atom stereocenters. The third-order valence-corrected chi connectivity index (χ3v) is 5.73. The zero-order valence-corrected chi connectivity index (χ0v) is 14.1. The molecule has 2 amide bonds. The Morgan fingerprint density at radius 2 is 2.00 bits per heavy atom. The van der Waals surface area contributed by atoms with E-state index >= 15 is 0 Å². The molecular weight excluding hydrogens is 332 g/mol. The Kier molecular flexibility index (Phi) is 4.16. The number of rotatable bonds is 4. The van der Waals surface area contributed by atoms with E-state index in [9.17, 15) is 19.5 Å². The van der Waals surface area contributed by atoms with Crippen molar-refractivity contribution in [2.24, 2.45) is 0 Å². The van der Waals surface area contributed by atoms with Gasteiger partial charge in [-0.25, -0.2) is 9.59 Å². The number of benzene rings is 1. The van der Waals surface area contributed by atoms with Gasteiger partial charge in [-0.3, -0.25) is 4.79 Å². The first kappa shape index (κ1) is 16.6. The number of nitrogens with zero attached hydrogens (tertiary/aromatic N) is 1. The Hall–Kier alpha value is -2.22. The SMILES string of the molecule is CC1(C)S[C@@H]2[C@H](NC(=O)OCc3ccccc3)C(=O)N2[C@H]1C(=O)O. The van der Waals surface area contributed by atoms with Crippen LogP contribution < -0.4 is 5.32 Å². The van der Waals surface area contributed by atoms with Crippen molar-refractivity contribution in [3.63, 3.8) is 0 Å². The maximum Gasteiger partial charge on any atom is 0.408 e. The summed E-state index contributed by atoms with van der Waals surface area (Å²) in [4.78, 5) is 36.9. The van der Waals surface area contributed by atoms with Crippen LogP contribution in [0.15, 0.2) is 30.3 Å². The minimum atomic E-state index is -1.03. The number of ether oxygens (including phenoxy) is 1. The Morgan fingerprint density at radius 1 is 1.33 bits per heavy atom. The number of carbonyl (C=O) groups excluding carboxylic acids is 2. The Bertz CT molecular complexity index is 678. The van der Waals surface area contributed by atoms with Gasteiger partial charge >= 0.3 is 12.1 Å². The number of aliphatic carboxylic acids is 1. The van der Waals surface area contributed by atoms with Crippen LogP contribution in [0.2, 0.25) is 0 Å². The maximum atomic E-state index is 12.2. The number of carboxylic acids is 1. The average molecular weight is 350 g/mol. The quantitative estimate of drug-likeness (QED) is 0.798. The molecule has 2 aliphatic heterocycles. The second-order valence-corrected chi connectivity index (χ2v) is 8.05. The number of carboxylic acid groups (broad SMARTS) is 1. The maximum absolute atomic E-state index is 12.2. The van der Waals surface area contributed by atoms with Crippen LogP contribution in [-0.4, -0.2) is 50.2 Å². The van der Waals surface area contributed by atoms with Gasteiger partial charge in [-0.2, -0.15) is 0 Å². The summed E-state index contributed by atoms with van der Waals surface area (Å²) >= 11 is 1.38. The summed E-state index contributed by atoms with van der Waals surface area (Å²) in [6.07, 6.45) is -0.686. The molecule has 7 nitrogen and oxygen atoms in total. The monoisotopic (exact) mass is 350 g/mol. The number of alkyl carbamates (subject to hydrolysis) is 1. The van der Waals surface area contributed by atoms with Crippen LogP contribution >= 0.6 is 11.8 Å². The molecule has 3 atom stereocenters. The highest BCUT2D eigenvalue weighted by molar-refractivity contribution is 8.01. The number of hydrogen-bond acceptors (Lipinski definition) is 5. The van der Waals surface area contributed by atoms with E-state index in [0.29, 0.717) is 0 Å². The van der Waals surface area contributed by atoms with Crippen molar-refractivity contribution in [1.82, 2.24) is 10.2 Å². The van der Waals surface area contributed by atoms with Crippen LogP contribution in [0.4, 0.5) is 4.79 Å². The van der Waals surface area contributed by atoms with E-state index in [-0.39, 0.29) is 17.9 Å². The molecule has 1 aromatic rings. The van der Waals surface area contributed by atoms with E-state index in [2.05, 4.69) is 5.32 Å². The van der Waals surface area contributed by atoms with Crippen LogP contribution in [0, 0.1) is 0 Å². The van der Waals surface area contributed by atoms with Gasteiger partial charge in [-0.05, 0) is 19.4 Å². The number of fused-ring (bicyclic) bond motifs is 1. The molecular formula is C16H18N2O5S. The fourth-order valence-electron chi connectivity index (χ4n) is 3.04. The van der Waals surface area contributed by atoms with Crippen LogP contribution in [0.25, 0.3) is 0 Å². The highest BCUT2D eigenvalue weighted by Crippen LogP contribution is 2.50. The van der Waals surface area contributed by atoms with Crippen molar-refractivity contribution < 1.29 is 24.2 Å². The number of β-lactam (4-membered cyclic amide) rings is 1. The van der Waals surface area contributed by atoms with E-state index in [1.54, 1.807) is 13.8 Å². The molecule has 2 saturated heterocycles. The lowest BCUT2D eigenvalue weighted by Gasteiger charge is -2.43. The van der Waals surface area contributed by atoms with Crippen molar-refractivity contribution in [3.05, 3.63) is 35.9 Å². The number of hydrogen-bond donors (Lipinski definition) is 2. The molecule has 0 saturated carbocycles. The third kappa shape index (κ3) is 2.82. The predicted molar refractivity (Wildman–Crippen MR) is 87.3 cm³/mol. The standard InChI is InChI=1S/C16H18N2O5S/c1-16(2)11(14(20)21)18-12(19)10(13(18)24-16)17-15(22)23-8-9-6-4-3-5-7-9/h3-7,10-11,13H,8H2,1-2H3,(H,17,22)(H,20,21)/t10-,11+,13-/m1/s1. The molecule has 1 aromatic carbocycles. The number of nitrogens with one attached hydrogen (secondary N) is 1. The van der Waals surface area contributed by atoms with Crippen LogP contribution in [0.3, 0.4) is 0 Å². The van der Waals surface area contributed by atoms with E-state index in [4.69, 9.17) is 4.74 Å². The normalized spacial score (nSPS) is 27.2. The Morgan fingerprint density at radius 3 is 2.62 bits per heavy atom. The highest BCUT2D eigenvalue weighted by Gasteiger charge is 2.64. The average Bonchev–Trinajstić information content (AvgIpc) is 2.80. The van der Waals surface area contributed by atoms with Crippen molar-refractivity contribution >= 4 is 29.7 Å². The van der Waals surface area contributed by atoms with Crippen molar-refractivity contribution in [1.29, 1.82) is 0 Å². The number of carbonyl (C=O) groups is 3. The van der Waals surface area contributed by atoms with Crippen LogP contribution in [-0.2, 0) is 20.9 Å². The van der Waals surface area contributed by atoms with Crippen molar-refractivity contribution in [3.8, 4) is 0 Å². The Labute approximate surface area is 143 Å². The fourth-order valence-corrected chi connectivity index (χ4v) is 4.66. The first-order valence-corrected chi connectivity index (χ1v) is 8.39. The summed E-state index contributed by atoms with van der Waals surface area (Å²) in [5.41, 5.74) is 0.844. The molecule has 128 valence electrons. The van der Waals surface area contributed by atoms with Crippen LogP contribution in [0.1, 0.15) is 19.4 Å². The zero-order chi connectivity index (χ0) is 17.5. The van der Waals surface area contributed by atoms with Crippen molar-refractivity contribution in [2.75, 3.05) is 0 Å².